The molecule has 1 fully saturated rings. The van der Waals surface area contributed by atoms with Crippen LogP contribution < -0.4 is 5.73 Å². The van der Waals surface area contributed by atoms with Gasteiger partial charge in [-0.3, -0.25) is 4.79 Å². The zero-order valence-electron chi connectivity index (χ0n) is 10.7. The Morgan fingerprint density at radius 1 is 1.56 bits per heavy atom. The Kier molecular flexibility index (Phi) is 3.87. The molecule has 2 rings (SSSR count). The second-order valence-electron chi connectivity index (χ2n) is 4.95. The van der Waals surface area contributed by atoms with Gasteiger partial charge < -0.3 is 15.7 Å². The first-order chi connectivity index (χ1) is 8.63. The highest BCUT2D eigenvalue weighted by atomic mass is 16.3. The highest BCUT2D eigenvalue weighted by Gasteiger charge is 2.27. The molecule has 98 valence electrons. The van der Waals surface area contributed by atoms with Gasteiger partial charge in [0.25, 0.3) is 5.91 Å². The third-order valence-electron chi connectivity index (χ3n) is 3.66. The number of rotatable bonds is 3. The fraction of sp³-hybridized carbons (Fsp3) is 0.500. The number of nitrogen functional groups attached to an aromatic ring is 1. The van der Waals surface area contributed by atoms with Gasteiger partial charge >= 0.3 is 0 Å². The summed E-state index contributed by atoms with van der Waals surface area (Å²) in [6, 6.07) is 5.55. The molecule has 1 aromatic rings. The van der Waals surface area contributed by atoms with E-state index in [-0.39, 0.29) is 12.5 Å². The average Bonchev–Trinajstić information content (AvgIpc) is 2.81. The summed E-state index contributed by atoms with van der Waals surface area (Å²) in [5.74, 6) is 0.432. The van der Waals surface area contributed by atoms with Crippen molar-refractivity contribution in [3.05, 3.63) is 29.3 Å². The standard InChI is InChI=1S/C14H20N2O2/c1-10-3-2-4-12(13(10)15)14(18)16-7-5-11(9-16)6-8-17/h2-4,11,17H,5-9,15H2,1H3. The fourth-order valence-electron chi connectivity index (χ4n) is 2.47. The van der Waals surface area contributed by atoms with E-state index < -0.39 is 0 Å². The molecular weight excluding hydrogens is 228 g/mol. The molecule has 0 radical (unpaired) electrons. The number of hydrogen-bond acceptors (Lipinski definition) is 3. The van der Waals surface area contributed by atoms with Gasteiger partial charge in [-0.1, -0.05) is 12.1 Å². The summed E-state index contributed by atoms with van der Waals surface area (Å²) in [5.41, 5.74) is 8.07. The Morgan fingerprint density at radius 2 is 2.33 bits per heavy atom. The predicted octanol–water partition coefficient (Wildman–Crippen LogP) is 1.42. The highest BCUT2D eigenvalue weighted by Crippen LogP contribution is 2.24. The predicted molar refractivity (Wildman–Crippen MR) is 71.3 cm³/mol. The first kappa shape index (κ1) is 12.9. The van der Waals surface area contributed by atoms with Crippen molar-refractivity contribution in [2.24, 2.45) is 5.92 Å². The molecule has 4 heteroatoms. The lowest BCUT2D eigenvalue weighted by Gasteiger charge is -2.18. The molecule has 0 aromatic heterocycles. The smallest absolute Gasteiger partial charge is 0.255 e. The first-order valence-electron chi connectivity index (χ1n) is 6.38. The van der Waals surface area contributed by atoms with Crippen molar-refractivity contribution >= 4 is 11.6 Å². The molecule has 0 spiro atoms. The van der Waals surface area contributed by atoms with Crippen LogP contribution in [0.15, 0.2) is 18.2 Å². The van der Waals surface area contributed by atoms with Crippen LogP contribution in [0.25, 0.3) is 0 Å². The van der Waals surface area contributed by atoms with E-state index in [1.807, 2.05) is 24.0 Å². The molecule has 4 nitrogen and oxygen atoms in total. The molecular formula is C14H20N2O2. The molecule has 1 aromatic carbocycles. The molecule has 18 heavy (non-hydrogen) atoms. The lowest BCUT2D eigenvalue weighted by atomic mass is 10.1. The number of para-hydroxylation sites is 1. The molecule has 1 unspecified atom stereocenters. The zero-order chi connectivity index (χ0) is 13.1. The van der Waals surface area contributed by atoms with Crippen LogP contribution in [-0.4, -0.2) is 35.6 Å². The Morgan fingerprint density at radius 3 is 3.06 bits per heavy atom. The number of carbonyl (C=O) groups is 1. The number of anilines is 1. The maximum atomic E-state index is 12.4. The summed E-state index contributed by atoms with van der Waals surface area (Å²) in [6.07, 6.45) is 1.74. The Hall–Kier alpha value is -1.55. The quantitative estimate of drug-likeness (QED) is 0.795. The van der Waals surface area contributed by atoms with Gasteiger partial charge in [-0.15, -0.1) is 0 Å². The van der Waals surface area contributed by atoms with Gasteiger partial charge in [0.1, 0.15) is 0 Å². The number of aryl methyl sites for hydroxylation is 1. The van der Waals surface area contributed by atoms with Crippen molar-refractivity contribution in [3.63, 3.8) is 0 Å². The second kappa shape index (κ2) is 5.40. The summed E-state index contributed by atoms with van der Waals surface area (Å²) < 4.78 is 0. The van der Waals surface area contributed by atoms with E-state index >= 15 is 0 Å². The molecule has 0 saturated carbocycles. The first-order valence-corrected chi connectivity index (χ1v) is 6.38. The van der Waals surface area contributed by atoms with Crippen molar-refractivity contribution in [2.45, 2.75) is 19.8 Å². The molecule has 1 saturated heterocycles. The largest absolute Gasteiger partial charge is 0.398 e. The van der Waals surface area contributed by atoms with Crippen molar-refractivity contribution in [1.82, 2.24) is 4.90 Å². The van der Waals surface area contributed by atoms with E-state index in [2.05, 4.69) is 0 Å². The number of likely N-dealkylation sites (tertiary alicyclic amines) is 1. The number of amides is 1. The van der Waals surface area contributed by atoms with Gasteiger partial charge in [-0.25, -0.2) is 0 Å². The van der Waals surface area contributed by atoms with E-state index in [4.69, 9.17) is 10.8 Å². The normalized spacial score (nSPS) is 19.2. The topological polar surface area (TPSA) is 66.6 Å². The monoisotopic (exact) mass is 248 g/mol. The Labute approximate surface area is 107 Å². The fourth-order valence-corrected chi connectivity index (χ4v) is 2.47. The lowest BCUT2D eigenvalue weighted by molar-refractivity contribution is 0.0785. The second-order valence-corrected chi connectivity index (χ2v) is 4.95. The summed E-state index contributed by atoms with van der Waals surface area (Å²) in [7, 11) is 0. The van der Waals surface area contributed by atoms with Gasteiger partial charge in [0.05, 0.1) is 5.56 Å². The van der Waals surface area contributed by atoms with Crippen LogP contribution in [0.3, 0.4) is 0 Å². The number of aliphatic hydroxyl groups excluding tert-OH is 1. The van der Waals surface area contributed by atoms with Crippen LogP contribution >= 0.6 is 0 Å². The van der Waals surface area contributed by atoms with E-state index in [0.717, 1.165) is 31.5 Å². The molecule has 3 N–H and O–H groups in total. The Balaban J connectivity index is 2.11. The number of aliphatic hydroxyl groups is 1. The van der Waals surface area contributed by atoms with E-state index in [0.29, 0.717) is 17.2 Å². The van der Waals surface area contributed by atoms with Crippen LogP contribution in [0.1, 0.15) is 28.8 Å². The maximum Gasteiger partial charge on any atom is 0.255 e. The van der Waals surface area contributed by atoms with E-state index in [9.17, 15) is 4.79 Å². The van der Waals surface area contributed by atoms with Crippen LogP contribution in [0.5, 0.6) is 0 Å². The van der Waals surface area contributed by atoms with Crippen LogP contribution in [0.4, 0.5) is 5.69 Å². The van der Waals surface area contributed by atoms with Crippen molar-refractivity contribution < 1.29 is 9.90 Å². The number of benzene rings is 1. The summed E-state index contributed by atoms with van der Waals surface area (Å²) in [4.78, 5) is 14.2. The molecule has 1 amide bonds. The van der Waals surface area contributed by atoms with Crippen LogP contribution in [0, 0.1) is 12.8 Å². The summed E-state index contributed by atoms with van der Waals surface area (Å²) in [6.45, 7) is 3.59. The third kappa shape index (κ3) is 2.48. The minimum Gasteiger partial charge on any atom is -0.398 e. The number of nitrogens with zero attached hydrogens (tertiary/aromatic N) is 1. The highest BCUT2D eigenvalue weighted by molar-refractivity contribution is 5.99. The minimum atomic E-state index is 0.0108. The molecule has 1 aliphatic rings. The zero-order valence-corrected chi connectivity index (χ0v) is 10.7. The van der Waals surface area contributed by atoms with Gasteiger partial charge in [0.2, 0.25) is 0 Å². The lowest BCUT2D eigenvalue weighted by Crippen LogP contribution is -2.29. The average molecular weight is 248 g/mol. The summed E-state index contributed by atoms with van der Waals surface area (Å²) >= 11 is 0. The molecule has 0 bridgehead atoms. The van der Waals surface area contributed by atoms with Crippen LogP contribution in [-0.2, 0) is 0 Å². The van der Waals surface area contributed by atoms with Crippen LogP contribution in [0.2, 0.25) is 0 Å². The van der Waals surface area contributed by atoms with Gasteiger partial charge in [0, 0.05) is 25.4 Å². The van der Waals surface area contributed by atoms with Crippen molar-refractivity contribution in [2.75, 3.05) is 25.4 Å². The number of nitrogens with two attached hydrogens (primary N) is 1. The van der Waals surface area contributed by atoms with Gasteiger partial charge in [-0.2, -0.15) is 0 Å². The van der Waals surface area contributed by atoms with Gasteiger partial charge in [0.15, 0.2) is 0 Å². The molecule has 0 aliphatic carbocycles. The minimum absolute atomic E-state index is 0.0108. The van der Waals surface area contributed by atoms with Crippen molar-refractivity contribution in [3.8, 4) is 0 Å². The summed E-state index contributed by atoms with van der Waals surface area (Å²) in [5, 5.41) is 8.93. The maximum absolute atomic E-state index is 12.4. The van der Waals surface area contributed by atoms with Gasteiger partial charge in [-0.05, 0) is 37.3 Å². The molecule has 1 aliphatic heterocycles. The molecule has 1 atom stereocenters. The SMILES string of the molecule is Cc1cccc(C(=O)N2CCC(CCO)C2)c1N. The van der Waals surface area contributed by atoms with E-state index in [1.54, 1.807) is 6.07 Å². The molecule has 1 heterocycles. The van der Waals surface area contributed by atoms with Crippen molar-refractivity contribution in [1.29, 1.82) is 0 Å². The number of carbonyl (C=O) groups excluding carboxylic acids is 1. The third-order valence-corrected chi connectivity index (χ3v) is 3.66. The number of hydrogen-bond donors (Lipinski definition) is 2. The Bertz CT molecular complexity index is 445. The van der Waals surface area contributed by atoms with E-state index in [1.165, 1.54) is 0 Å².